The van der Waals surface area contributed by atoms with Crippen molar-refractivity contribution < 1.29 is 19.2 Å². The number of nitro groups is 1. The Labute approximate surface area is 110 Å². The summed E-state index contributed by atoms with van der Waals surface area (Å²) in [6.45, 7) is 0.813. The van der Waals surface area contributed by atoms with Gasteiger partial charge in [0.2, 0.25) is 0 Å². The summed E-state index contributed by atoms with van der Waals surface area (Å²) < 4.78 is 9.72. The average molecular weight is 265 g/mol. The van der Waals surface area contributed by atoms with Crippen molar-refractivity contribution in [1.29, 1.82) is 0 Å². The highest BCUT2D eigenvalue weighted by Gasteiger charge is 2.04. The number of carbonyl (C=O) groups excluding carboxylic acids is 1. The first-order valence-corrected chi connectivity index (χ1v) is 5.71. The third-order valence-electron chi connectivity index (χ3n) is 2.23. The molecule has 0 radical (unpaired) electrons. The molecule has 1 aromatic rings. The van der Waals surface area contributed by atoms with Gasteiger partial charge in [-0.25, -0.2) is 4.79 Å². The summed E-state index contributed by atoms with van der Waals surface area (Å²) >= 11 is 0. The fourth-order valence-electron chi connectivity index (χ4n) is 1.33. The molecule has 0 bridgehead atoms. The van der Waals surface area contributed by atoms with Gasteiger partial charge in [-0.15, -0.1) is 0 Å². The van der Waals surface area contributed by atoms with Gasteiger partial charge in [0.25, 0.3) is 5.69 Å². The molecule has 0 fully saturated rings. The molecule has 1 rings (SSSR count). The predicted molar refractivity (Wildman–Crippen MR) is 69.6 cm³/mol. The SMILES string of the molecule is COCCCOC(=O)/C=C/c1cccc([N+](=O)[O-])c1. The Bertz CT molecular complexity index is 470. The van der Waals surface area contributed by atoms with E-state index in [2.05, 4.69) is 0 Å². The lowest BCUT2D eigenvalue weighted by molar-refractivity contribution is -0.384. The number of ether oxygens (including phenoxy) is 2. The number of carbonyl (C=O) groups is 1. The Hall–Kier alpha value is -2.21. The monoisotopic (exact) mass is 265 g/mol. The second-order valence-electron chi connectivity index (χ2n) is 3.70. The van der Waals surface area contributed by atoms with E-state index < -0.39 is 10.9 Å². The maximum Gasteiger partial charge on any atom is 0.330 e. The summed E-state index contributed by atoms with van der Waals surface area (Å²) in [6.07, 6.45) is 3.35. The molecular weight excluding hydrogens is 250 g/mol. The molecule has 102 valence electrons. The normalized spacial score (nSPS) is 10.6. The van der Waals surface area contributed by atoms with Crippen LogP contribution >= 0.6 is 0 Å². The number of methoxy groups -OCH3 is 1. The van der Waals surface area contributed by atoms with E-state index in [1.54, 1.807) is 19.2 Å². The van der Waals surface area contributed by atoms with Crippen molar-refractivity contribution in [3.63, 3.8) is 0 Å². The molecule has 6 nitrogen and oxygen atoms in total. The highest BCUT2D eigenvalue weighted by Crippen LogP contribution is 2.14. The molecule has 0 aliphatic heterocycles. The van der Waals surface area contributed by atoms with Gasteiger partial charge in [-0.05, 0) is 11.6 Å². The first-order valence-electron chi connectivity index (χ1n) is 5.71. The summed E-state index contributed by atoms with van der Waals surface area (Å²) in [6, 6.07) is 6.00. The van der Waals surface area contributed by atoms with E-state index in [0.717, 1.165) is 0 Å². The number of rotatable bonds is 7. The minimum absolute atomic E-state index is 0.0180. The second kappa shape index (κ2) is 7.99. The van der Waals surface area contributed by atoms with Crippen LogP contribution in [0.2, 0.25) is 0 Å². The summed E-state index contributed by atoms with van der Waals surface area (Å²) in [7, 11) is 1.57. The first-order chi connectivity index (χ1) is 9.13. The highest BCUT2D eigenvalue weighted by molar-refractivity contribution is 5.87. The van der Waals surface area contributed by atoms with E-state index >= 15 is 0 Å². The minimum atomic E-state index is -0.486. The number of nitrogens with zero attached hydrogens (tertiary/aromatic N) is 1. The third kappa shape index (κ3) is 5.78. The number of hydrogen-bond acceptors (Lipinski definition) is 5. The molecule has 0 heterocycles. The Balaban J connectivity index is 2.49. The fourth-order valence-corrected chi connectivity index (χ4v) is 1.33. The van der Waals surface area contributed by atoms with Crippen LogP contribution in [0.4, 0.5) is 5.69 Å². The van der Waals surface area contributed by atoms with Crippen molar-refractivity contribution >= 4 is 17.7 Å². The standard InChI is InChI=1S/C13H15NO5/c1-18-8-3-9-19-13(15)7-6-11-4-2-5-12(10-11)14(16)17/h2,4-7,10H,3,8-9H2,1H3/b7-6+. The molecule has 0 N–H and O–H groups in total. The largest absolute Gasteiger partial charge is 0.462 e. The predicted octanol–water partition coefficient (Wildman–Crippen LogP) is 2.19. The molecule has 0 amide bonds. The van der Waals surface area contributed by atoms with Gasteiger partial charge in [0, 0.05) is 38.3 Å². The molecule has 0 aliphatic rings. The van der Waals surface area contributed by atoms with Crippen molar-refractivity contribution in [2.75, 3.05) is 20.3 Å². The molecule has 0 spiro atoms. The van der Waals surface area contributed by atoms with Gasteiger partial charge in [-0.1, -0.05) is 12.1 Å². The summed E-state index contributed by atoms with van der Waals surface area (Å²) in [5, 5.41) is 10.6. The van der Waals surface area contributed by atoms with Crippen molar-refractivity contribution in [1.82, 2.24) is 0 Å². The number of hydrogen-bond donors (Lipinski definition) is 0. The van der Waals surface area contributed by atoms with E-state index in [4.69, 9.17) is 9.47 Å². The smallest absolute Gasteiger partial charge is 0.330 e. The van der Waals surface area contributed by atoms with Crippen LogP contribution in [0.5, 0.6) is 0 Å². The van der Waals surface area contributed by atoms with Crippen molar-refractivity contribution in [2.24, 2.45) is 0 Å². The van der Waals surface area contributed by atoms with Crippen LogP contribution in [-0.4, -0.2) is 31.2 Å². The molecule has 0 unspecified atom stereocenters. The van der Waals surface area contributed by atoms with Crippen LogP contribution in [0.15, 0.2) is 30.3 Å². The van der Waals surface area contributed by atoms with Crippen molar-refractivity contribution in [3.05, 3.63) is 46.0 Å². The van der Waals surface area contributed by atoms with Crippen LogP contribution in [0.3, 0.4) is 0 Å². The Morgan fingerprint density at radius 3 is 2.89 bits per heavy atom. The topological polar surface area (TPSA) is 78.7 Å². The molecule has 0 aromatic heterocycles. The molecule has 0 atom stereocenters. The number of benzene rings is 1. The number of nitro benzene ring substituents is 1. The van der Waals surface area contributed by atoms with Gasteiger partial charge < -0.3 is 9.47 Å². The van der Waals surface area contributed by atoms with E-state index in [9.17, 15) is 14.9 Å². The zero-order valence-electron chi connectivity index (χ0n) is 10.6. The van der Waals surface area contributed by atoms with Crippen molar-refractivity contribution in [2.45, 2.75) is 6.42 Å². The lowest BCUT2D eigenvalue weighted by atomic mass is 10.2. The van der Waals surface area contributed by atoms with Gasteiger partial charge in [0.05, 0.1) is 11.5 Å². The van der Waals surface area contributed by atoms with Crippen LogP contribution < -0.4 is 0 Å². The summed E-state index contributed by atoms with van der Waals surface area (Å²) in [4.78, 5) is 21.4. The minimum Gasteiger partial charge on any atom is -0.462 e. The number of non-ortho nitro benzene ring substituents is 1. The zero-order chi connectivity index (χ0) is 14.1. The summed E-state index contributed by atoms with van der Waals surface area (Å²) in [5.74, 6) is -0.484. The van der Waals surface area contributed by atoms with Gasteiger partial charge in [0.15, 0.2) is 0 Å². The molecule has 0 saturated carbocycles. The third-order valence-corrected chi connectivity index (χ3v) is 2.23. The van der Waals surface area contributed by atoms with E-state index in [1.165, 1.54) is 24.3 Å². The molecule has 1 aromatic carbocycles. The summed E-state index contributed by atoms with van der Waals surface area (Å²) in [5.41, 5.74) is 0.554. The van der Waals surface area contributed by atoms with Crippen LogP contribution in [0.1, 0.15) is 12.0 Å². The maximum absolute atomic E-state index is 11.3. The van der Waals surface area contributed by atoms with Crippen molar-refractivity contribution in [3.8, 4) is 0 Å². The van der Waals surface area contributed by atoms with E-state index in [0.29, 0.717) is 18.6 Å². The first kappa shape index (κ1) is 14.8. The lowest BCUT2D eigenvalue weighted by Gasteiger charge is -2.00. The van der Waals surface area contributed by atoms with Crippen LogP contribution in [-0.2, 0) is 14.3 Å². The van der Waals surface area contributed by atoms with Crippen LogP contribution in [0.25, 0.3) is 6.08 Å². The van der Waals surface area contributed by atoms with E-state index in [-0.39, 0.29) is 12.3 Å². The lowest BCUT2D eigenvalue weighted by Crippen LogP contribution is -2.04. The zero-order valence-corrected chi connectivity index (χ0v) is 10.6. The fraction of sp³-hybridized carbons (Fsp3) is 0.308. The molecule has 19 heavy (non-hydrogen) atoms. The average Bonchev–Trinajstić information content (AvgIpc) is 2.41. The van der Waals surface area contributed by atoms with Gasteiger partial charge in [0.1, 0.15) is 0 Å². The Kier molecular flexibility index (Phi) is 6.25. The molecular formula is C13H15NO5. The molecule has 0 saturated heterocycles. The number of esters is 1. The maximum atomic E-state index is 11.3. The molecule has 6 heteroatoms. The Morgan fingerprint density at radius 1 is 1.42 bits per heavy atom. The van der Waals surface area contributed by atoms with Gasteiger partial charge in [-0.3, -0.25) is 10.1 Å². The van der Waals surface area contributed by atoms with E-state index in [1.807, 2.05) is 0 Å². The Morgan fingerprint density at radius 2 is 2.21 bits per heavy atom. The van der Waals surface area contributed by atoms with Gasteiger partial charge in [-0.2, -0.15) is 0 Å². The molecule has 0 aliphatic carbocycles. The van der Waals surface area contributed by atoms with Crippen LogP contribution in [0, 0.1) is 10.1 Å². The quantitative estimate of drug-likeness (QED) is 0.248. The second-order valence-corrected chi connectivity index (χ2v) is 3.70. The van der Waals surface area contributed by atoms with Gasteiger partial charge >= 0.3 is 5.97 Å². The highest BCUT2D eigenvalue weighted by atomic mass is 16.6.